The highest BCUT2D eigenvalue weighted by Gasteiger charge is 2.19. The molecule has 0 unspecified atom stereocenters. The minimum atomic E-state index is -0.684. The van der Waals surface area contributed by atoms with Gasteiger partial charge in [0.25, 0.3) is 5.91 Å². The Hall–Kier alpha value is -3.00. The third-order valence-electron chi connectivity index (χ3n) is 3.37. The highest BCUT2D eigenvalue weighted by atomic mass is 32.1. The van der Waals surface area contributed by atoms with Gasteiger partial charge in [-0.05, 0) is 31.2 Å². The van der Waals surface area contributed by atoms with Crippen LogP contribution in [0.5, 0.6) is 11.5 Å². The number of carbonyl (C=O) groups excluding carboxylic acids is 2. The molecule has 1 amide bonds. The smallest absolute Gasteiger partial charge is 0.260 e. The molecule has 0 bridgehead atoms. The lowest BCUT2D eigenvalue weighted by Gasteiger charge is -2.09. The topological polar surface area (TPSA) is 108 Å². The fraction of sp³-hybridized carbons (Fsp3) is 0.0625. The first-order valence-electron chi connectivity index (χ1n) is 6.83. The zero-order chi connectivity index (χ0) is 17.4. The Balaban J connectivity index is 2.08. The lowest BCUT2D eigenvalue weighted by molar-refractivity contribution is 0.0999. The van der Waals surface area contributed by atoms with Crippen LogP contribution in [0.1, 0.15) is 27.0 Å². The number of amides is 1. The van der Waals surface area contributed by atoms with Gasteiger partial charge in [-0.25, -0.2) is 9.37 Å². The van der Waals surface area contributed by atoms with E-state index in [0.29, 0.717) is 10.2 Å². The molecular weight excluding hydrogens is 333 g/mol. The SMILES string of the molecule is CC(=O)c1ccc(Oc2ccnc3sc(C(N)=O)c(N)c23)c(F)c1. The highest BCUT2D eigenvalue weighted by molar-refractivity contribution is 7.21. The number of aromatic nitrogens is 1. The number of carbonyl (C=O) groups is 2. The summed E-state index contributed by atoms with van der Waals surface area (Å²) in [5.74, 6) is -1.43. The number of nitrogens with two attached hydrogens (primary N) is 2. The van der Waals surface area contributed by atoms with Crippen molar-refractivity contribution in [2.75, 3.05) is 5.73 Å². The van der Waals surface area contributed by atoms with E-state index in [1.54, 1.807) is 0 Å². The average Bonchev–Trinajstić information content (AvgIpc) is 2.87. The molecule has 0 saturated heterocycles. The van der Waals surface area contributed by atoms with Crippen molar-refractivity contribution >= 4 is 38.9 Å². The molecule has 0 fully saturated rings. The molecule has 0 aliphatic rings. The second-order valence-corrected chi connectivity index (χ2v) is 6.00. The number of rotatable bonds is 4. The lowest BCUT2D eigenvalue weighted by Crippen LogP contribution is -2.10. The van der Waals surface area contributed by atoms with Crippen LogP contribution >= 0.6 is 11.3 Å². The molecule has 1 aromatic carbocycles. The minimum Gasteiger partial charge on any atom is -0.453 e. The van der Waals surface area contributed by atoms with Crippen molar-refractivity contribution in [1.29, 1.82) is 0 Å². The Morgan fingerprint density at radius 2 is 2.00 bits per heavy atom. The number of nitrogens with zero attached hydrogens (tertiary/aromatic N) is 1. The largest absolute Gasteiger partial charge is 0.453 e. The Morgan fingerprint density at radius 3 is 2.62 bits per heavy atom. The van der Waals surface area contributed by atoms with E-state index >= 15 is 0 Å². The maximum Gasteiger partial charge on any atom is 0.260 e. The van der Waals surface area contributed by atoms with Crippen molar-refractivity contribution in [3.05, 3.63) is 46.7 Å². The van der Waals surface area contributed by atoms with Gasteiger partial charge in [0.1, 0.15) is 15.5 Å². The van der Waals surface area contributed by atoms with Crippen LogP contribution in [0.15, 0.2) is 30.5 Å². The van der Waals surface area contributed by atoms with Gasteiger partial charge in [0.05, 0.1) is 11.1 Å². The van der Waals surface area contributed by atoms with Crippen LogP contribution in [0.2, 0.25) is 0 Å². The number of anilines is 1. The van der Waals surface area contributed by atoms with Crippen molar-refractivity contribution in [3.63, 3.8) is 0 Å². The van der Waals surface area contributed by atoms with E-state index in [4.69, 9.17) is 16.2 Å². The fourth-order valence-corrected chi connectivity index (χ4v) is 3.14. The Morgan fingerprint density at radius 1 is 1.25 bits per heavy atom. The van der Waals surface area contributed by atoms with Crippen molar-refractivity contribution in [3.8, 4) is 11.5 Å². The number of ketones is 1. The fourth-order valence-electron chi connectivity index (χ4n) is 2.21. The van der Waals surface area contributed by atoms with E-state index in [-0.39, 0.29) is 33.4 Å². The predicted octanol–water partition coefficient (Wildman–Crippen LogP) is 3.11. The molecule has 6 nitrogen and oxygen atoms in total. The van der Waals surface area contributed by atoms with Gasteiger partial charge in [0.2, 0.25) is 0 Å². The monoisotopic (exact) mass is 345 g/mol. The quantitative estimate of drug-likeness (QED) is 0.706. The number of ether oxygens (including phenoxy) is 1. The van der Waals surface area contributed by atoms with Crippen molar-refractivity contribution in [1.82, 2.24) is 4.98 Å². The second kappa shape index (κ2) is 5.89. The number of hydrogen-bond acceptors (Lipinski definition) is 6. The number of fused-ring (bicyclic) bond motifs is 1. The Bertz CT molecular complexity index is 984. The van der Waals surface area contributed by atoms with Crippen molar-refractivity contribution < 1.29 is 18.7 Å². The molecule has 0 atom stereocenters. The molecule has 0 radical (unpaired) electrons. The van der Waals surface area contributed by atoms with Crippen LogP contribution in [0.3, 0.4) is 0 Å². The van der Waals surface area contributed by atoms with Crippen LogP contribution in [0.25, 0.3) is 10.2 Å². The van der Waals surface area contributed by atoms with E-state index in [2.05, 4.69) is 4.98 Å². The molecule has 2 aromatic heterocycles. The highest BCUT2D eigenvalue weighted by Crippen LogP contribution is 2.40. The van der Waals surface area contributed by atoms with Gasteiger partial charge in [0.15, 0.2) is 17.3 Å². The molecule has 3 aromatic rings. The Labute approximate surface area is 139 Å². The summed E-state index contributed by atoms with van der Waals surface area (Å²) >= 11 is 1.04. The molecule has 2 heterocycles. The molecule has 0 aliphatic heterocycles. The summed E-state index contributed by atoms with van der Waals surface area (Å²) in [6.07, 6.45) is 1.46. The van der Waals surface area contributed by atoms with Crippen LogP contribution in [0.4, 0.5) is 10.1 Å². The first kappa shape index (κ1) is 15.9. The predicted molar refractivity (Wildman–Crippen MR) is 89.0 cm³/mol. The summed E-state index contributed by atoms with van der Waals surface area (Å²) in [6.45, 7) is 1.35. The first-order chi connectivity index (χ1) is 11.4. The number of Topliss-reactive ketones (excluding diaryl/α,β-unsaturated/α-hetero) is 1. The van der Waals surface area contributed by atoms with Gasteiger partial charge < -0.3 is 16.2 Å². The normalized spacial score (nSPS) is 10.8. The number of pyridine rings is 1. The van der Waals surface area contributed by atoms with E-state index in [9.17, 15) is 14.0 Å². The molecule has 3 rings (SSSR count). The summed E-state index contributed by atoms with van der Waals surface area (Å²) in [5.41, 5.74) is 11.6. The summed E-state index contributed by atoms with van der Waals surface area (Å²) in [7, 11) is 0. The zero-order valence-corrected chi connectivity index (χ0v) is 13.3. The summed E-state index contributed by atoms with van der Waals surface area (Å²) < 4.78 is 19.7. The van der Waals surface area contributed by atoms with E-state index in [1.165, 1.54) is 31.3 Å². The molecule has 24 heavy (non-hydrogen) atoms. The van der Waals surface area contributed by atoms with Gasteiger partial charge in [-0.2, -0.15) is 0 Å². The number of thiophene rings is 1. The number of hydrogen-bond donors (Lipinski definition) is 2. The maximum absolute atomic E-state index is 14.1. The zero-order valence-electron chi connectivity index (χ0n) is 12.5. The summed E-state index contributed by atoms with van der Waals surface area (Å²) in [5, 5.41) is 0.395. The van der Waals surface area contributed by atoms with Crippen molar-refractivity contribution in [2.45, 2.75) is 6.92 Å². The van der Waals surface area contributed by atoms with Crippen LogP contribution in [0, 0.1) is 5.82 Å². The van der Waals surface area contributed by atoms with Crippen LogP contribution < -0.4 is 16.2 Å². The van der Waals surface area contributed by atoms with Gasteiger partial charge >= 0.3 is 0 Å². The number of primary amides is 1. The van der Waals surface area contributed by atoms with Crippen LogP contribution in [-0.4, -0.2) is 16.7 Å². The van der Waals surface area contributed by atoms with Gasteiger partial charge in [-0.1, -0.05) is 0 Å². The summed E-state index contributed by atoms with van der Waals surface area (Å²) in [6, 6.07) is 5.43. The lowest BCUT2D eigenvalue weighted by atomic mass is 10.1. The number of benzene rings is 1. The minimum absolute atomic E-state index is 0.0706. The van der Waals surface area contributed by atoms with E-state index in [1.807, 2.05) is 0 Å². The van der Waals surface area contributed by atoms with Crippen LogP contribution in [-0.2, 0) is 0 Å². The number of halogens is 1. The molecule has 0 aliphatic carbocycles. The first-order valence-corrected chi connectivity index (χ1v) is 7.65. The molecule has 122 valence electrons. The van der Waals surface area contributed by atoms with Gasteiger partial charge in [-0.3, -0.25) is 9.59 Å². The molecule has 0 spiro atoms. The van der Waals surface area contributed by atoms with Gasteiger partial charge in [0, 0.05) is 11.8 Å². The van der Waals surface area contributed by atoms with Gasteiger partial charge in [-0.15, -0.1) is 11.3 Å². The molecule has 4 N–H and O–H groups in total. The molecule has 0 saturated carbocycles. The molecular formula is C16H12FN3O3S. The standard InChI is InChI=1S/C16H12FN3O3S/c1-7(21)8-2-3-10(9(17)6-8)23-11-4-5-20-16-12(11)13(18)14(24-16)15(19)22/h2-6H,18H2,1H3,(H2,19,22). The second-order valence-electron chi connectivity index (χ2n) is 5.00. The third kappa shape index (κ3) is 2.67. The summed E-state index contributed by atoms with van der Waals surface area (Å²) in [4.78, 5) is 27.4. The number of nitrogen functional groups attached to an aromatic ring is 1. The van der Waals surface area contributed by atoms with E-state index < -0.39 is 11.7 Å². The third-order valence-corrected chi connectivity index (χ3v) is 4.50. The molecule has 8 heteroatoms. The Kier molecular flexibility index (Phi) is 3.90. The average molecular weight is 345 g/mol. The van der Waals surface area contributed by atoms with E-state index in [0.717, 1.165) is 17.4 Å². The van der Waals surface area contributed by atoms with Crippen molar-refractivity contribution in [2.24, 2.45) is 5.73 Å². The maximum atomic E-state index is 14.1.